The SMILES string of the molecule is CCOC(=O)c1c(NC(=O)COC(=O)[C@@H]2C[C@@H]2C)sc(C(=O)NC)c1C. The number of carbonyl (C=O) groups excluding carboxylic acids is 4. The van der Waals surface area contributed by atoms with Crippen LogP contribution in [0.15, 0.2) is 0 Å². The zero-order valence-corrected chi connectivity index (χ0v) is 16.0. The zero-order valence-electron chi connectivity index (χ0n) is 15.1. The number of amides is 2. The quantitative estimate of drug-likeness (QED) is 0.695. The number of ether oxygens (including phenoxy) is 2. The summed E-state index contributed by atoms with van der Waals surface area (Å²) in [4.78, 5) is 48.3. The summed E-state index contributed by atoms with van der Waals surface area (Å²) in [6.45, 7) is 4.92. The van der Waals surface area contributed by atoms with Crippen molar-refractivity contribution < 1.29 is 28.7 Å². The summed E-state index contributed by atoms with van der Waals surface area (Å²) in [6, 6.07) is 0. The molecule has 9 heteroatoms. The van der Waals surface area contributed by atoms with Crippen molar-refractivity contribution in [1.29, 1.82) is 0 Å². The number of hydrogen-bond acceptors (Lipinski definition) is 7. The molecule has 0 aliphatic heterocycles. The standard InChI is InChI=1S/C17H22N2O6S/c1-5-24-17(23)12-9(3)13(14(21)18-4)26-15(12)19-11(20)7-25-16(22)10-6-8(10)2/h8,10H,5-7H2,1-4H3,(H,18,21)(H,19,20)/t8-,10+/m0/s1. The lowest BCUT2D eigenvalue weighted by Crippen LogP contribution is -2.22. The molecule has 1 aliphatic rings. The van der Waals surface area contributed by atoms with Gasteiger partial charge in [0.25, 0.3) is 11.8 Å². The van der Waals surface area contributed by atoms with Gasteiger partial charge in [-0.2, -0.15) is 0 Å². The molecule has 0 unspecified atom stereocenters. The number of hydrogen-bond donors (Lipinski definition) is 2. The van der Waals surface area contributed by atoms with Gasteiger partial charge in [-0.15, -0.1) is 11.3 Å². The number of thiophene rings is 1. The van der Waals surface area contributed by atoms with E-state index in [0.717, 1.165) is 17.8 Å². The number of carbonyl (C=O) groups is 4. The predicted octanol–water partition coefficient (Wildman–Crippen LogP) is 1.73. The van der Waals surface area contributed by atoms with Gasteiger partial charge in [0, 0.05) is 7.05 Å². The van der Waals surface area contributed by atoms with Crippen LogP contribution in [0, 0.1) is 18.8 Å². The molecule has 1 fully saturated rings. The third-order valence-electron chi connectivity index (χ3n) is 4.07. The van der Waals surface area contributed by atoms with Crippen LogP contribution in [0.5, 0.6) is 0 Å². The van der Waals surface area contributed by atoms with E-state index in [1.54, 1.807) is 13.8 Å². The van der Waals surface area contributed by atoms with Crippen LogP contribution in [0.2, 0.25) is 0 Å². The summed E-state index contributed by atoms with van der Waals surface area (Å²) in [5, 5.41) is 5.22. The van der Waals surface area contributed by atoms with Crippen molar-refractivity contribution in [2.45, 2.75) is 27.2 Å². The van der Waals surface area contributed by atoms with Crippen molar-refractivity contribution in [2.24, 2.45) is 11.8 Å². The van der Waals surface area contributed by atoms with Gasteiger partial charge in [0.05, 0.1) is 23.0 Å². The predicted molar refractivity (Wildman–Crippen MR) is 95.3 cm³/mol. The lowest BCUT2D eigenvalue weighted by atomic mass is 10.1. The molecular weight excluding hydrogens is 360 g/mol. The van der Waals surface area contributed by atoms with E-state index in [0.29, 0.717) is 10.4 Å². The Kier molecular flexibility index (Phi) is 6.36. The van der Waals surface area contributed by atoms with Gasteiger partial charge in [-0.05, 0) is 31.7 Å². The Labute approximate surface area is 155 Å². The summed E-state index contributed by atoms with van der Waals surface area (Å²) in [7, 11) is 1.47. The summed E-state index contributed by atoms with van der Waals surface area (Å²) in [6.07, 6.45) is 0.771. The first kappa shape index (κ1) is 19.9. The summed E-state index contributed by atoms with van der Waals surface area (Å²) in [5.74, 6) is -1.82. The fraction of sp³-hybridized carbons (Fsp3) is 0.529. The fourth-order valence-electron chi connectivity index (χ4n) is 2.44. The first-order chi connectivity index (χ1) is 12.3. The highest BCUT2D eigenvalue weighted by Gasteiger charge is 2.40. The maximum Gasteiger partial charge on any atom is 0.341 e. The van der Waals surface area contributed by atoms with Crippen LogP contribution in [0.1, 0.15) is 45.9 Å². The molecule has 0 aromatic carbocycles. The molecule has 8 nitrogen and oxygen atoms in total. The van der Waals surface area contributed by atoms with E-state index in [-0.39, 0.29) is 34.9 Å². The van der Waals surface area contributed by atoms with Crippen LogP contribution in [0.4, 0.5) is 5.00 Å². The monoisotopic (exact) mass is 382 g/mol. The molecule has 0 spiro atoms. The van der Waals surface area contributed by atoms with Crippen molar-refractivity contribution in [1.82, 2.24) is 5.32 Å². The number of nitrogens with one attached hydrogen (secondary N) is 2. The molecule has 26 heavy (non-hydrogen) atoms. The van der Waals surface area contributed by atoms with Crippen molar-refractivity contribution in [3.05, 3.63) is 16.0 Å². The summed E-state index contributed by atoms with van der Waals surface area (Å²) in [5.41, 5.74) is 0.554. The third kappa shape index (κ3) is 4.40. The van der Waals surface area contributed by atoms with Gasteiger partial charge in [-0.25, -0.2) is 4.79 Å². The molecule has 1 aromatic heterocycles. The molecule has 142 valence electrons. The Bertz CT molecular complexity index is 742. The van der Waals surface area contributed by atoms with Crippen LogP contribution in [0.25, 0.3) is 0 Å². The molecule has 2 amide bonds. The molecule has 0 radical (unpaired) electrons. The Morgan fingerprint density at radius 2 is 1.88 bits per heavy atom. The van der Waals surface area contributed by atoms with Gasteiger partial charge in [0.15, 0.2) is 6.61 Å². The van der Waals surface area contributed by atoms with Crippen LogP contribution < -0.4 is 10.6 Å². The van der Waals surface area contributed by atoms with E-state index in [4.69, 9.17) is 9.47 Å². The number of anilines is 1. The molecule has 0 bridgehead atoms. The minimum absolute atomic E-state index is 0.131. The Hall–Kier alpha value is -2.42. The number of esters is 2. The average molecular weight is 382 g/mol. The molecule has 1 saturated carbocycles. The van der Waals surface area contributed by atoms with Gasteiger partial charge < -0.3 is 20.1 Å². The Balaban J connectivity index is 2.13. The molecule has 2 N–H and O–H groups in total. The zero-order chi connectivity index (χ0) is 19.4. The average Bonchev–Trinajstić information content (AvgIpc) is 3.24. The number of rotatable bonds is 7. The molecule has 1 aromatic rings. The van der Waals surface area contributed by atoms with E-state index < -0.39 is 24.5 Å². The van der Waals surface area contributed by atoms with Gasteiger partial charge in [-0.3, -0.25) is 14.4 Å². The van der Waals surface area contributed by atoms with E-state index in [9.17, 15) is 19.2 Å². The minimum atomic E-state index is -0.629. The van der Waals surface area contributed by atoms with E-state index >= 15 is 0 Å². The third-order valence-corrected chi connectivity index (χ3v) is 5.28. The largest absolute Gasteiger partial charge is 0.462 e. The van der Waals surface area contributed by atoms with Gasteiger partial charge in [0.2, 0.25) is 0 Å². The second-order valence-corrected chi connectivity index (χ2v) is 7.06. The lowest BCUT2D eigenvalue weighted by Gasteiger charge is -2.07. The summed E-state index contributed by atoms with van der Waals surface area (Å²) < 4.78 is 9.99. The highest BCUT2D eigenvalue weighted by atomic mass is 32.1. The van der Waals surface area contributed by atoms with Gasteiger partial charge in [-0.1, -0.05) is 6.92 Å². The van der Waals surface area contributed by atoms with E-state index in [1.807, 2.05) is 6.92 Å². The molecule has 1 heterocycles. The van der Waals surface area contributed by atoms with E-state index in [1.165, 1.54) is 7.05 Å². The fourth-order valence-corrected chi connectivity index (χ4v) is 3.60. The first-order valence-corrected chi connectivity index (χ1v) is 9.10. The molecule has 2 rings (SSSR count). The highest BCUT2D eigenvalue weighted by Crippen LogP contribution is 2.38. The maximum absolute atomic E-state index is 12.2. The second kappa shape index (κ2) is 8.31. The molecule has 1 aliphatic carbocycles. The first-order valence-electron chi connectivity index (χ1n) is 8.29. The molecule has 0 saturated heterocycles. The smallest absolute Gasteiger partial charge is 0.341 e. The van der Waals surface area contributed by atoms with Crippen LogP contribution in [-0.2, 0) is 19.1 Å². The molecular formula is C17H22N2O6S. The normalized spacial score (nSPS) is 18.0. The van der Waals surface area contributed by atoms with Crippen LogP contribution in [0.3, 0.4) is 0 Å². The van der Waals surface area contributed by atoms with Crippen molar-refractivity contribution in [3.8, 4) is 0 Å². The van der Waals surface area contributed by atoms with Gasteiger partial charge >= 0.3 is 11.9 Å². The van der Waals surface area contributed by atoms with Crippen molar-refractivity contribution in [3.63, 3.8) is 0 Å². The van der Waals surface area contributed by atoms with Crippen LogP contribution in [-0.4, -0.2) is 44.0 Å². The molecule has 2 atom stereocenters. The topological polar surface area (TPSA) is 111 Å². The Morgan fingerprint density at radius 1 is 1.23 bits per heavy atom. The minimum Gasteiger partial charge on any atom is -0.462 e. The second-order valence-electron chi connectivity index (χ2n) is 6.04. The van der Waals surface area contributed by atoms with Crippen LogP contribution >= 0.6 is 11.3 Å². The highest BCUT2D eigenvalue weighted by molar-refractivity contribution is 7.18. The van der Waals surface area contributed by atoms with Crippen molar-refractivity contribution >= 4 is 40.1 Å². The van der Waals surface area contributed by atoms with Gasteiger partial charge in [0.1, 0.15) is 5.00 Å². The summed E-state index contributed by atoms with van der Waals surface area (Å²) >= 11 is 0.969. The lowest BCUT2D eigenvalue weighted by molar-refractivity contribution is -0.148. The maximum atomic E-state index is 12.2. The van der Waals surface area contributed by atoms with Crippen molar-refractivity contribution in [2.75, 3.05) is 25.6 Å². The van der Waals surface area contributed by atoms with E-state index in [2.05, 4.69) is 10.6 Å². The Morgan fingerprint density at radius 3 is 2.42 bits per heavy atom.